The van der Waals surface area contributed by atoms with Gasteiger partial charge in [-0.05, 0) is 45.1 Å². The predicted octanol–water partition coefficient (Wildman–Crippen LogP) is 3.44. The molecule has 2 nitrogen and oxygen atoms in total. The standard InChI is InChI=1S/C15H31NO/c1-4-6-8-14(5-2)13-16-11-7-9-15(3,17)10-12-16/h14,17H,4-13H2,1-3H3. The number of likely N-dealkylation sites (tertiary alicyclic amines) is 1. The van der Waals surface area contributed by atoms with Crippen LogP contribution in [-0.4, -0.2) is 35.2 Å². The Bertz CT molecular complexity index is 203. The van der Waals surface area contributed by atoms with Gasteiger partial charge in [-0.3, -0.25) is 0 Å². The third-order valence-electron chi connectivity index (χ3n) is 4.22. The van der Waals surface area contributed by atoms with Crippen LogP contribution in [0.3, 0.4) is 0 Å². The maximum absolute atomic E-state index is 10.1. The van der Waals surface area contributed by atoms with E-state index in [4.69, 9.17) is 0 Å². The third kappa shape index (κ3) is 5.87. The molecular formula is C15H31NO. The molecule has 0 bridgehead atoms. The van der Waals surface area contributed by atoms with E-state index in [2.05, 4.69) is 18.7 Å². The van der Waals surface area contributed by atoms with Crippen LogP contribution in [0.2, 0.25) is 0 Å². The van der Waals surface area contributed by atoms with Crippen LogP contribution in [0, 0.1) is 5.92 Å². The van der Waals surface area contributed by atoms with Crippen molar-refractivity contribution in [2.45, 2.75) is 71.3 Å². The second kappa shape index (κ2) is 7.38. The van der Waals surface area contributed by atoms with Gasteiger partial charge >= 0.3 is 0 Å². The van der Waals surface area contributed by atoms with Crippen molar-refractivity contribution in [3.05, 3.63) is 0 Å². The minimum atomic E-state index is -0.417. The number of nitrogens with zero attached hydrogens (tertiary/aromatic N) is 1. The molecule has 1 aliphatic heterocycles. The third-order valence-corrected chi connectivity index (χ3v) is 4.22. The lowest BCUT2D eigenvalue weighted by Crippen LogP contribution is -2.32. The maximum atomic E-state index is 10.1. The minimum absolute atomic E-state index is 0.417. The molecule has 0 saturated carbocycles. The van der Waals surface area contributed by atoms with Crippen molar-refractivity contribution in [2.75, 3.05) is 19.6 Å². The Morgan fingerprint density at radius 1 is 1.24 bits per heavy atom. The Balaban J connectivity index is 2.34. The Kier molecular flexibility index (Phi) is 6.50. The largest absolute Gasteiger partial charge is 0.390 e. The summed E-state index contributed by atoms with van der Waals surface area (Å²) in [6, 6.07) is 0. The topological polar surface area (TPSA) is 23.5 Å². The predicted molar refractivity (Wildman–Crippen MR) is 74.2 cm³/mol. The molecule has 1 rings (SSSR count). The lowest BCUT2D eigenvalue weighted by Gasteiger charge is -2.26. The normalized spacial score (nSPS) is 28.9. The van der Waals surface area contributed by atoms with E-state index in [1.165, 1.54) is 38.8 Å². The summed E-state index contributed by atoms with van der Waals surface area (Å²) in [6.45, 7) is 10.1. The van der Waals surface area contributed by atoms with Crippen LogP contribution in [0.15, 0.2) is 0 Å². The van der Waals surface area contributed by atoms with Gasteiger partial charge in [0.25, 0.3) is 0 Å². The molecule has 0 aliphatic carbocycles. The van der Waals surface area contributed by atoms with Gasteiger partial charge in [-0.25, -0.2) is 0 Å². The van der Waals surface area contributed by atoms with E-state index >= 15 is 0 Å². The maximum Gasteiger partial charge on any atom is 0.0632 e. The molecule has 0 aromatic carbocycles. The molecule has 0 radical (unpaired) electrons. The molecule has 0 amide bonds. The molecule has 17 heavy (non-hydrogen) atoms. The average molecular weight is 241 g/mol. The van der Waals surface area contributed by atoms with E-state index in [0.717, 1.165) is 31.7 Å². The zero-order valence-corrected chi connectivity index (χ0v) is 12.0. The van der Waals surface area contributed by atoms with Crippen LogP contribution in [0.1, 0.15) is 65.7 Å². The van der Waals surface area contributed by atoms with Gasteiger partial charge in [0.2, 0.25) is 0 Å². The summed E-state index contributed by atoms with van der Waals surface area (Å²) in [5, 5.41) is 10.1. The van der Waals surface area contributed by atoms with Crippen molar-refractivity contribution in [3.8, 4) is 0 Å². The van der Waals surface area contributed by atoms with Crippen LogP contribution in [0.5, 0.6) is 0 Å². The first-order chi connectivity index (χ1) is 8.07. The van der Waals surface area contributed by atoms with Crippen molar-refractivity contribution < 1.29 is 5.11 Å². The van der Waals surface area contributed by atoms with Crippen molar-refractivity contribution in [3.63, 3.8) is 0 Å². The van der Waals surface area contributed by atoms with Crippen LogP contribution in [0.4, 0.5) is 0 Å². The highest BCUT2D eigenvalue weighted by Crippen LogP contribution is 2.23. The van der Waals surface area contributed by atoms with Crippen molar-refractivity contribution >= 4 is 0 Å². The number of hydrogen-bond donors (Lipinski definition) is 1. The van der Waals surface area contributed by atoms with Gasteiger partial charge in [0.05, 0.1) is 5.60 Å². The Morgan fingerprint density at radius 3 is 2.65 bits per heavy atom. The minimum Gasteiger partial charge on any atom is -0.390 e. The molecule has 2 unspecified atom stereocenters. The number of hydrogen-bond acceptors (Lipinski definition) is 2. The van der Waals surface area contributed by atoms with Crippen molar-refractivity contribution in [1.29, 1.82) is 0 Å². The van der Waals surface area contributed by atoms with Gasteiger partial charge in [-0.1, -0.05) is 33.1 Å². The molecule has 2 heteroatoms. The molecule has 102 valence electrons. The number of aliphatic hydroxyl groups is 1. The number of rotatable bonds is 6. The van der Waals surface area contributed by atoms with E-state index < -0.39 is 5.60 Å². The molecule has 1 fully saturated rings. The smallest absolute Gasteiger partial charge is 0.0632 e. The van der Waals surface area contributed by atoms with Crippen molar-refractivity contribution in [2.24, 2.45) is 5.92 Å². The average Bonchev–Trinajstić information content (AvgIpc) is 2.46. The van der Waals surface area contributed by atoms with Gasteiger partial charge in [0.1, 0.15) is 0 Å². The molecule has 0 aromatic rings. The van der Waals surface area contributed by atoms with Gasteiger partial charge in [0.15, 0.2) is 0 Å². The summed E-state index contributed by atoms with van der Waals surface area (Å²) in [4.78, 5) is 2.57. The van der Waals surface area contributed by atoms with E-state index in [1.54, 1.807) is 0 Å². The Morgan fingerprint density at radius 2 is 2.00 bits per heavy atom. The van der Waals surface area contributed by atoms with Gasteiger partial charge in [-0.2, -0.15) is 0 Å². The van der Waals surface area contributed by atoms with Crippen LogP contribution >= 0.6 is 0 Å². The molecular weight excluding hydrogens is 210 g/mol. The molecule has 1 heterocycles. The zero-order valence-electron chi connectivity index (χ0n) is 12.0. The summed E-state index contributed by atoms with van der Waals surface area (Å²) in [5.41, 5.74) is -0.417. The molecule has 2 atom stereocenters. The fourth-order valence-corrected chi connectivity index (χ4v) is 2.78. The molecule has 0 spiro atoms. The first kappa shape index (κ1) is 15.0. The Hall–Kier alpha value is -0.0800. The second-order valence-electron chi connectivity index (χ2n) is 6.07. The fraction of sp³-hybridized carbons (Fsp3) is 1.00. The SMILES string of the molecule is CCCCC(CC)CN1CCCC(C)(O)CC1. The molecule has 0 aromatic heterocycles. The van der Waals surface area contributed by atoms with E-state index in [-0.39, 0.29) is 0 Å². The summed E-state index contributed by atoms with van der Waals surface area (Å²) in [7, 11) is 0. The van der Waals surface area contributed by atoms with Crippen LogP contribution in [0.25, 0.3) is 0 Å². The highest BCUT2D eigenvalue weighted by Gasteiger charge is 2.25. The highest BCUT2D eigenvalue weighted by molar-refractivity contribution is 4.79. The summed E-state index contributed by atoms with van der Waals surface area (Å²) in [6.07, 6.45) is 8.41. The van der Waals surface area contributed by atoms with E-state index in [0.29, 0.717) is 0 Å². The molecule has 1 aliphatic rings. The van der Waals surface area contributed by atoms with Crippen LogP contribution < -0.4 is 0 Å². The van der Waals surface area contributed by atoms with E-state index in [1.807, 2.05) is 6.92 Å². The molecule has 1 N–H and O–H groups in total. The summed E-state index contributed by atoms with van der Waals surface area (Å²) >= 11 is 0. The summed E-state index contributed by atoms with van der Waals surface area (Å²) in [5.74, 6) is 0.859. The zero-order chi connectivity index (χ0) is 12.7. The summed E-state index contributed by atoms with van der Waals surface area (Å²) < 4.78 is 0. The van der Waals surface area contributed by atoms with Gasteiger partial charge in [0, 0.05) is 13.1 Å². The van der Waals surface area contributed by atoms with Gasteiger partial charge < -0.3 is 10.0 Å². The lowest BCUT2D eigenvalue weighted by atomic mass is 9.97. The quantitative estimate of drug-likeness (QED) is 0.770. The number of unbranched alkanes of at least 4 members (excludes halogenated alkanes) is 1. The lowest BCUT2D eigenvalue weighted by molar-refractivity contribution is 0.0440. The Labute approximate surface area is 107 Å². The van der Waals surface area contributed by atoms with E-state index in [9.17, 15) is 5.11 Å². The fourth-order valence-electron chi connectivity index (χ4n) is 2.78. The second-order valence-corrected chi connectivity index (χ2v) is 6.07. The first-order valence-electron chi connectivity index (χ1n) is 7.52. The van der Waals surface area contributed by atoms with Crippen LogP contribution in [-0.2, 0) is 0 Å². The van der Waals surface area contributed by atoms with Gasteiger partial charge in [-0.15, -0.1) is 0 Å². The highest BCUT2D eigenvalue weighted by atomic mass is 16.3. The van der Waals surface area contributed by atoms with Crippen molar-refractivity contribution in [1.82, 2.24) is 4.90 Å². The first-order valence-corrected chi connectivity index (χ1v) is 7.52. The monoisotopic (exact) mass is 241 g/mol. The molecule has 1 saturated heterocycles.